The van der Waals surface area contributed by atoms with Crippen molar-refractivity contribution in [2.24, 2.45) is 11.4 Å². The van der Waals surface area contributed by atoms with E-state index >= 15 is 0 Å². The molecule has 2 saturated heterocycles. The summed E-state index contributed by atoms with van der Waals surface area (Å²) in [7, 11) is -0.351. The number of aromatic nitrogens is 5. The first-order valence-electron chi connectivity index (χ1n) is 9.98. The van der Waals surface area contributed by atoms with E-state index in [0.29, 0.717) is 30.4 Å². The van der Waals surface area contributed by atoms with Crippen molar-refractivity contribution in [2.75, 3.05) is 36.2 Å². The summed E-state index contributed by atoms with van der Waals surface area (Å²) in [4.78, 5) is 7.20. The smallest absolute Gasteiger partial charge is 0.137 e. The Balaban J connectivity index is 1.76. The first kappa shape index (κ1) is 18.6. The molecule has 5 heterocycles. The zero-order valence-electron chi connectivity index (χ0n) is 16.7. The van der Waals surface area contributed by atoms with Crippen molar-refractivity contribution in [2.45, 2.75) is 25.8 Å². The van der Waals surface area contributed by atoms with Crippen LogP contribution in [0.15, 0.2) is 22.7 Å². The molecule has 5 rings (SSSR count). The fraction of sp³-hybridized carbons (Fsp3) is 0.526. The Morgan fingerprint density at radius 2 is 2.17 bits per heavy atom. The molecule has 9 nitrogen and oxygen atoms in total. The lowest BCUT2D eigenvalue weighted by molar-refractivity contribution is 0.0986. The van der Waals surface area contributed by atoms with Crippen LogP contribution < -0.4 is 4.90 Å². The van der Waals surface area contributed by atoms with Gasteiger partial charge in [0.25, 0.3) is 0 Å². The molecule has 2 aliphatic rings. The molecule has 2 aliphatic heterocycles. The SMILES string of the molecule is C[C@@H]1COCCN1c1cc(N=S2(=O)CCCC2)c2c(n1)c(-c1ccn[nH]1)nn2C. The number of ether oxygens (including phenoxy) is 1. The van der Waals surface area contributed by atoms with E-state index in [-0.39, 0.29) is 6.04 Å². The molecule has 154 valence electrons. The van der Waals surface area contributed by atoms with Crippen LogP contribution in [0.1, 0.15) is 19.8 Å². The van der Waals surface area contributed by atoms with Gasteiger partial charge in [-0.1, -0.05) is 0 Å². The van der Waals surface area contributed by atoms with Crippen molar-refractivity contribution in [3.05, 3.63) is 18.3 Å². The fourth-order valence-electron chi connectivity index (χ4n) is 4.12. The molecule has 0 spiro atoms. The minimum atomic E-state index is -2.23. The Labute approximate surface area is 169 Å². The number of aryl methyl sites for hydroxylation is 1. The van der Waals surface area contributed by atoms with Gasteiger partial charge in [0.15, 0.2) is 0 Å². The first-order valence-corrected chi connectivity index (χ1v) is 11.8. The number of pyridine rings is 1. The van der Waals surface area contributed by atoms with Gasteiger partial charge in [-0.05, 0) is 25.8 Å². The highest BCUT2D eigenvalue weighted by atomic mass is 32.2. The minimum absolute atomic E-state index is 0.203. The molecular formula is C19H25N7O2S. The quantitative estimate of drug-likeness (QED) is 0.705. The summed E-state index contributed by atoms with van der Waals surface area (Å²) in [6, 6.07) is 4.05. The van der Waals surface area contributed by atoms with Crippen molar-refractivity contribution in [1.82, 2.24) is 25.0 Å². The third-order valence-corrected chi connectivity index (χ3v) is 8.00. The van der Waals surface area contributed by atoms with Gasteiger partial charge in [0.1, 0.15) is 28.2 Å². The summed E-state index contributed by atoms with van der Waals surface area (Å²) < 4.78 is 25.4. The molecule has 29 heavy (non-hydrogen) atoms. The van der Waals surface area contributed by atoms with E-state index in [1.807, 2.05) is 19.2 Å². The molecule has 2 fully saturated rings. The van der Waals surface area contributed by atoms with Gasteiger partial charge in [-0.25, -0.2) is 9.19 Å². The Morgan fingerprint density at radius 1 is 1.34 bits per heavy atom. The molecule has 3 aromatic rings. The van der Waals surface area contributed by atoms with E-state index in [1.165, 1.54) is 0 Å². The average Bonchev–Trinajstić information content (AvgIpc) is 3.43. The van der Waals surface area contributed by atoms with Gasteiger partial charge in [0.05, 0.1) is 34.7 Å². The Hall–Kier alpha value is -2.46. The topological polar surface area (TPSA) is 101 Å². The zero-order chi connectivity index (χ0) is 20.0. The van der Waals surface area contributed by atoms with Gasteiger partial charge in [0, 0.05) is 37.4 Å². The number of aromatic amines is 1. The molecule has 0 aliphatic carbocycles. The standard InChI is InChI=1S/C19H25N7O2S/c1-13-12-28-8-7-26(13)16-11-15(24-29(27)9-3-4-10-29)19-18(21-16)17(23-25(19)2)14-5-6-20-22-14/h5-6,11,13H,3-4,7-10,12H2,1-2H3,(H,20,22)/t13-/m1/s1. The van der Waals surface area contributed by atoms with Crippen LogP contribution in [0.4, 0.5) is 11.5 Å². The number of H-pyrrole nitrogens is 1. The maximum atomic E-state index is 13.2. The molecule has 0 saturated carbocycles. The molecule has 0 amide bonds. The van der Waals surface area contributed by atoms with Crippen LogP contribution in [-0.4, -0.2) is 66.5 Å². The molecular weight excluding hydrogens is 390 g/mol. The number of hydrogen-bond donors (Lipinski definition) is 1. The molecule has 3 aromatic heterocycles. The zero-order valence-corrected chi connectivity index (χ0v) is 17.5. The van der Waals surface area contributed by atoms with Crippen LogP contribution in [0.2, 0.25) is 0 Å². The van der Waals surface area contributed by atoms with Crippen LogP contribution in [0.25, 0.3) is 22.4 Å². The third kappa shape index (κ3) is 3.29. The molecule has 1 N–H and O–H groups in total. The Morgan fingerprint density at radius 3 is 2.90 bits per heavy atom. The van der Waals surface area contributed by atoms with Crippen LogP contribution in [-0.2, 0) is 21.5 Å². The molecule has 10 heteroatoms. The number of rotatable bonds is 3. The number of anilines is 1. The summed E-state index contributed by atoms with van der Waals surface area (Å²) in [6.45, 7) is 4.20. The summed E-state index contributed by atoms with van der Waals surface area (Å²) in [6.07, 6.45) is 3.63. The highest BCUT2D eigenvalue weighted by Gasteiger charge is 2.25. The molecule has 0 unspecified atom stereocenters. The van der Waals surface area contributed by atoms with Crippen molar-refractivity contribution in [3.63, 3.8) is 0 Å². The predicted octanol–water partition coefficient (Wildman–Crippen LogP) is 2.48. The van der Waals surface area contributed by atoms with Gasteiger partial charge in [0.2, 0.25) is 0 Å². The second kappa shape index (κ2) is 7.10. The van der Waals surface area contributed by atoms with Crippen molar-refractivity contribution in [1.29, 1.82) is 0 Å². The van der Waals surface area contributed by atoms with Crippen LogP contribution in [0.5, 0.6) is 0 Å². The Bertz CT molecular complexity index is 1150. The van der Waals surface area contributed by atoms with E-state index in [4.69, 9.17) is 14.1 Å². The minimum Gasteiger partial charge on any atom is -0.377 e. The van der Waals surface area contributed by atoms with E-state index in [9.17, 15) is 4.21 Å². The largest absolute Gasteiger partial charge is 0.377 e. The average molecular weight is 416 g/mol. The van der Waals surface area contributed by atoms with Crippen LogP contribution in [0.3, 0.4) is 0 Å². The number of nitrogens with one attached hydrogen (secondary N) is 1. The van der Waals surface area contributed by atoms with E-state index in [1.54, 1.807) is 10.9 Å². The van der Waals surface area contributed by atoms with Crippen molar-refractivity contribution < 1.29 is 8.95 Å². The highest BCUT2D eigenvalue weighted by Crippen LogP contribution is 2.36. The highest BCUT2D eigenvalue weighted by molar-refractivity contribution is 7.93. The van der Waals surface area contributed by atoms with Crippen molar-refractivity contribution in [3.8, 4) is 11.4 Å². The second-order valence-corrected chi connectivity index (χ2v) is 10.3. The maximum Gasteiger partial charge on any atom is 0.137 e. The van der Waals surface area contributed by atoms with E-state index in [2.05, 4.69) is 27.1 Å². The number of hydrogen-bond acceptors (Lipinski definition) is 7. The molecule has 0 radical (unpaired) electrons. The van der Waals surface area contributed by atoms with Gasteiger partial charge in [-0.15, -0.1) is 0 Å². The summed E-state index contributed by atoms with van der Waals surface area (Å²) >= 11 is 0. The molecule has 0 aromatic carbocycles. The monoisotopic (exact) mass is 415 g/mol. The lowest BCUT2D eigenvalue weighted by Crippen LogP contribution is -2.44. The lowest BCUT2D eigenvalue weighted by atomic mass is 10.2. The number of morpholine rings is 1. The normalized spacial score (nSPS) is 21.7. The second-order valence-electron chi connectivity index (χ2n) is 7.74. The van der Waals surface area contributed by atoms with Gasteiger partial charge in [-0.3, -0.25) is 9.78 Å². The van der Waals surface area contributed by atoms with Crippen molar-refractivity contribution >= 4 is 32.3 Å². The molecule has 0 bridgehead atoms. The number of nitrogens with zero attached hydrogens (tertiary/aromatic N) is 6. The van der Waals surface area contributed by atoms with Gasteiger partial charge >= 0.3 is 0 Å². The van der Waals surface area contributed by atoms with Gasteiger partial charge < -0.3 is 9.64 Å². The summed E-state index contributed by atoms with van der Waals surface area (Å²) in [5.74, 6) is 2.14. The van der Waals surface area contributed by atoms with Crippen LogP contribution in [0, 0.1) is 0 Å². The fourth-order valence-corrected chi connectivity index (χ4v) is 6.32. The first-order chi connectivity index (χ1) is 14.0. The Kier molecular flexibility index (Phi) is 4.54. The van der Waals surface area contributed by atoms with Crippen LogP contribution >= 0.6 is 0 Å². The summed E-state index contributed by atoms with van der Waals surface area (Å²) in [5.41, 5.74) is 3.77. The maximum absolute atomic E-state index is 13.2. The molecule has 1 atom stereocenters. The van der Waals surface area contributed by atoms with E-state index in [0.717, 1.165) is 47.6 Å². The summed E-state index contributed by atoms with van der Waals surface area (Å²) in [5, 5.41) is 11.7. The lowest BCUT2D eigenvalue weighted by Gasteiger charge is -2.34. The van der Waals surface area contributed by atoms with Gasteiger partial charge in [-0.2, -0.15) is 14.6 Å². The third-order valence-electron chi connectivity index (χ3n) is 5.62. The number of fused-ring (bicyclic) bond motifs is 1. The van der Waals surface area contributed by atoms with E-state index < -0.39 is 9.73 Å². The predicted molar refractivity (Wildman–Crippen MR) is 113 cm³/mol.